The van der Waals surface area contributed by atoms with Crippen molar-refractivity contribution in [2.45, 2.75) is 151 Å². The molecular weight excluding hydrogens is 510 g/mol. The van der Waals surface area contributed by atoms with Crippen LogP contribution in [0.25, 0.3) is 10.4 Å². The lowest BCUT2D eigenvalue weighted by Gasteiger charge is -2.36. The number of rotatable bonds is 11. The number of aliphatic carboxylic acids is 1. The minimum Gasteiger partial charge on any atom is -0.481 e. The molecule has 0 radical (unpaired) electrons. The SMILES string of the molecule is CC(C)CC1CC(C(=O)O)C1.CC(C)CC1CC(N)C1.CC(C)CC1CC(N=[N+]=[N-])C1.CNC1CC(CC(C)C)C1. The number of carboxylic acids is 1. The quantitative estimate of drug-likeness (QED) is 0.129. The fourth-order valence-corrected chi connectivity index (χ4v) is 7.00. The van der Waals surface area contributed by atoms with Crippen LogP contribution in [0.3, 0.4) is 0 Å². The molecule has 4 fully saturated rings. The van der Waals surface area contributed by atoms with Crippen molar-refractivity contribution in [3.63, 3.8) is 0 Å². The number of nitrogens with one attached hydrogen (secondary N) is 1. The van der Waals surface area contributed by atoms with Gasteiger partial charge in [0.05, 0.1) is 5.92 Å². The fraction of sp³-hybridized carbons (Fsp3) is 0.971. The normalized spacial score (nSPS) is 31.5. The molecule has 4 aliphatic rings. The van der Waals surface area contributed by atoms with Crippen molar-refractivity contribution < 1.29 is 9.90 Å². The van der Waals surface area contributed by atoms with Crippen molar-refractivity contribution in [3.8, 4) is 0 Å². The van der Waals surface area contributed by atoms with E-state index in [1.54, 1.807) is 0 Å². The highest BCUT2D eigenvalue weighted by Crippen LogP contribution is 2.38. The molecule has 0 bridgehead atoms. The average Bonchev–Trinajstić information content (AvgIpc) is 2.76. The van der Waals surface area contributed by atoms with E-state index in [-0.39, 0.29) is 5.92 Å². The summed E-state index contributed by atoms with van der Waals surface area (Å²) < 4.78 is 0. The Balaban J connectivity index is 0.000000274. The first-order valence-electron chi connectivity index (χ1n) is 16.9. The van der Waals surface area contributed by atoms with Crippen LogP contribution in [-0.4, -0.2) is 36.2 Å². The molecule has 7 heteroatoms. The summed E-state index contributed by atoms with van der Waals surface area (Å²) in [5, 5.41) is 15.6. The molecule has 0 spiro atoms. The summed E-state index contributed by atoms with van der Waals surface area (Å²) >= 11 is 0. The van der Waals surface area contributed by atoms with Crippen molar-refractivity contribution in [1.29, 1.82) is 0 Å². The monoisotopic (exact) mass is 578 g/mol. The fourth-order valence-electron chi connectivity index (χ4n) is 7.00. The van der Waals surface area contributed by atoms with Crippen molar-refractivity contribution >= 4 is 5.97 Å². The van der Waals surface area contributed by atoms with Crippen LogP contribution in [-0.2, 0) is 4.79 Å². The van der Waals surface area contributed by atoms with Gasteiger partial charge in [-0.25, -0.2) is 0 Å². The van der Waals surface area contributed by atoms with Crippen LogP contribution in [0.1, 0.15) is 132 Å². The summed E-state index contributed by atoms with van der Waals surface area (Å²) in [5.74, 6) is 6.12. The first-order valence-corrected chi connectivity index (χ1v) is 16.9. The van der Waals surface area contributed by atoms with E-state index in [1.807, 2.05) is 0 Å². The van der Waals surface area contributed by atoms with Gasteiger partial charge in [-0.05, 0) is 137 Å². The second-order valence-electron chi connectivity index (χ2n) is 15.5. The van der Waals surface area contributed by atoms with Crippen molar-refractivity contribution in [2.24, 2.45) is 64.1 Å². The van der Waals surface area contributed by atoms with Crippen molar-refractivity contribution in [1.82, 2.24) is 5.32 Å². The van der Waals surface area contributed by atoms with Gasteiger partial charge in [0, 0.05) is 23.0 Å². The minimum absolute atomic E-state index is 0.0289. The molecule has 0 aromatic heterocycles. The van der Waals surface area contributed by atoms with Crippen LogP contribution in [0.15, 0.2) is 5.11 Å². The average molecular weight is 578 g/mol. The molecule has 0 aromatic carbocycles. The first kappa shape index (κ1) is 37.7. The molecule has 0 unspecified atom stereocenters. The van der Waals surface area contributed by atoms with E-state index in [0.717, 1.165) is 73.2 Å². The molecule has 0 aliphatic heterocycles. The van der Waals surface area contributed by atoms with Gasteiger partial charge < -0.3 is 16.2 Å². The highest BCUT2D eigenvalue weighted by molar-refractivity contribution is 5.71. The Morgan fingerprint density at radius 2 is 1.12 bits per heavy atom. The van der Waals surface area contributed by atoms with Gasteiger partial charge in [-0.3, -0.25) is 4.79 Å². The molecule has 0 aromatic rings. The van der Waals surface area contributed by atoms with Gasteiger partial charge in [0.15, 0.2) is 0 Å². The zero-order valence-corrected chi connectivity index (χ0v) is 28.2. The molecule has 41 heavy (non-hydrogen) atoms. The summed E-state index contributed by atoms with van der Waals surface area (Å²) in [7, 11) is 2.07. The van der Waals surface area contributed by atoms with Crippen LogP contribution < -0.4 is 11.1 Å². The maximum Gasteiger partial charge on any atom is 0.306 e. The first-order chi connectivity index (χ1) is 19.2. The van der Waals surface area contributed by atoms with Gasteiger partial charge in [-0.15, -0.1) is 0 Å². The Bertz CT molecular complexity index is 716. The molecular formula is C34H67N5O2. The zero-order valence-electron chi connectivity index (χ0n) is 28.2. The maximum absolute atomic E-state index is 10.4. The van der Waals surface area contributed by atoms with Gasteiger partial charge in [0.1, 0.15) is 0 Å². The summed E-state index contributed by atoms with van der Waals surface area (Å²) in [5.41, 5.74) is 13.8. The third kappa shape index (κ3) is 16.8. The van der Waals surface area contributed by atoms with E-state index in [2.05, 4.69) is 77.8 Å². The number of carbonyl (C=O) groups is 1. The van der Waals surface area contributed by atoms with Crippen LogP contribution in [0.4, 0.5) is 0 Å². The van der Waals surface area contributed by atoms with Gasteiger partial charge >= 0.3 is 5.97 Å². The third-order valence-corrected chi connectivity index (χ3v) is 9.15. The van der Waals surface area contributed by atoms with Gasteiger partial charge in [0.2, 0.25) is 0 Å². The van der Waals surface area contributed by atoms with E-state index in [9.17, 15) is 4.79 Å². The molecule has 240 valence electrons. The molecule has 0 atom stereocenters. The Hall–Kier alpha value is -1.30. The second-order valence-corrected chi connectivity index (χ2v) is 15.5. The summed E-state index contributed by atoms with van der Waals surface area (Å²) in [6.07, 6.45) is 14.7. The number of nitrogens with zero attached hydrogens (tertiary/aromatic N) is 3. The third-order valence-electron chi connectivity index (χ3n) is 9.15. The second kappa shape index (κ2) is 19.8. The van der Waals surface area contributed by atoms with E-state index in [0.29, 0.717) is 18.0 Å². The predicted octanol–water partition coefficient (Wildman–Crippen LogP) is 9.07. The van der Waals surface area contributed by atoms with Gasteiger partial charge in [-0.2, -0.15) is 0 Å². The zero-order chi connectivity index (χ0) is 31.1. The molecule has 4 aliphatic carbocycles. The Labute approximate surface area is 253 Å². The molecule has 4 rings (SSSR count). The van der Waals surface area contributed by atoms with Gasteiger partial charge in [-0.1, -0.05) is 60.5 Å². The van der Waals surface area contributed by atoms with Crippen LogP contribution in [0.5, 0.6) is 0 Å². The number of carboxylic acid groups (broad SMARTS) is 1. The lowest BCUT2D eigenvalue weighted by molar-refractivity contribution is -0.146. The number of hydrogen-bond donors (Lipinski definition) is 3. The summed E-state index contributed by atoms with van der Waals surface area (Å²) in [6, 6.07) is 1.68. The largest absolute Gasteiger partial charge is 0.481 e. The van der Waals surface area contributed by atoms with Crippen LogP contribution in [0.2, 0.25) is 0 Å². The highest BCUT2D eigenvalue weighted by atomic mass is 16.4. The van der Waals surface area contributed by atoms with E-state index >= 15 is 0 Å². The Morgan fingerprint density at radius 3 is 1.44 bits per heavy atom. The standard InChI is InChI=1S/C9H19N.C9H16O2.C8H15N3.C8H17N/c1-7(2)4-8-5-9(6-8)10-3;1-6(2)3-7-4-8(5-7)9(10)11;1-6(2)3-7-4-8(5-7)10-11-9;1-6(2)3-7-4-8(9)5-7/h7-10H,4-6H2,1-3H3;6-8H,3-5H2,1-2H3,(H,10,11);6-8H,3-5H2,1-2H3;6-8H,3-5,9H2,1-2H3. The lowest BCUT2D eigenvalue weighted by atomic mass is 9.71. The summed E-state index contributed by atoms with van der Waals surface area (Å²) in [4.78, 5) is 13.2. The molecule has 4 N–H and O–H groups in total. The lowest BCUT2D eigenvalue weighted by Crippen LogP contribution is -2.39. The van der Waals surface area contributed by atoms with Crippen molar-refractivity contribution in [3.05, 3.63) is 10.4 Å². The van der Waals surface area contributed by atoms with Crippen LogP contribution >= 0.6 is 0 Å². The number of hydrogen-bond acceptors (Lipinski definition) is 4. The topological polar surface area (TPSA) is 124 Å². The summed E-state index contributed by atoms with van der Waals surface area (Å²) in [6.45, 7) is 18.0. The van der Waals surface area contributed by atoms with E-state index in [4.69, 9.17) is 16.4 Å². The molecule has 0 heterocycles. The van der Waals surface area contributed by atoms with Gasteiger partial charge in [0.25, 0.3) is 0 Å². The Kier molecular flexibility index (Phi) is 18.2. The maximum atomic E-state index is 10.4. The number of nitrogens with two attached hydrogens (primary N) is 1. The highest BCUT2D eigenvalue weighted by Gasteiger charge is 2.34. The molecule has 7 nitrogen and oxygen atoms in total. The molecule has 0 amide bonds. The smallest absolute Gasteiger partial charge is 0.306 e. The van der Waals surface area contributed by atoms with Crippen molar-refractivity contribution in [2.75, 3.05) is 7.05 Å². The minimum atomic E-state index is -0.606. The van der Waals surface area contributed by atoms with Crippen LogP contribution in [0, 0.1) is 53.3 Å². The van der Waals surface area contributed by atoms with E-state index in [1.165, 1.54) is 51.4 Å². The predicted molar refractivity (Wildman–Crippen MR) is 174 cm³/mol. The van der Waals surface area contributed by atoms with E-state index < -0.39 is 5.97 Å². The Morgan fingerprint density at radius 1 is 0.756 bits per heavy atom. The molecule has 4 saturated carbocycles. The molecule has 0 saturated heterocycles. The number of azide groups is 1.